The molecule has 0 heterocycles. The van der Waals surface area contributed by atoms with Crippen molar-refractivity contribution in [3.8, 4) is 0 Å². The molecule has 0 atom stereocenters. The lowest BCUT2D eigenvalue weighted by atomic mass is 10.0. The predicted molar refractivity (Wildman–Crippen MR) is 125 cm³/mol. The highest BCUT2D eigenvalue weighted by molar-refractivity contribution is 6.75. The normalized spacial score (nSPS) is 11.7. The van der Waals surface area contributed by atoms with Crippen molar-refractivity contribution >= 4 is 35.5 Å². The van der Waals surface area contributed by atoms with Gasteiger partial charge < -0.3 is 0 Å². The minimum absolute atomic E-state index is 0.476. The summed E-state index contributed by atoms with van der Waals surface area (Å²) >= 11 is 0. The molecule has 0 N–H and O–H groups in total. The Bertz CT molecular complexity index is 824. The Kier molecular flexibility index (Phi) is 7.95. The standard InChI is InChI=1S/C26H35Si/c1-3-5-7-11-18-27(19-12-8-6-4-2)26-17-13-16-24-20-22-14-9-10-15-23(22)21-25(24)26/h9-10,13-17,20-21H,3-8,11-12,18-19H2,1-2H3. The number of benzene rings is 3. The molecular weight excluding hydrogens is 340 g/mol. The van der Waals surface area contributed by atoms with E-state index in [1.54, 1.807) is 5.19 Å². The Morgan fingerprint density at radius 1 is 0.593 bits per heavy atom. The summed E-state index contributed by atoms with van der Waals surface area (Å²) in [6.45, 7) is 4.62. The second-order valence-electron chi connectivity index (χ2n) is 7.95. The van der Waals surface area contributed by atoms with Crippen LogP contribution >= 0.6 is 0 Å². The second-order valence-corrected chi connectivity index (χ2v) is 10.7. The smallest absolute Gasteiger partial charge is 0.0654 e. The fourth-order valence-electron chi connectivity index (χ4n) is 4.20. The van der Waals surface area contributed by atoms with Gasteiger partial charge in [0.1, 0.15) is 0 Å². The van der Waals surface area contributed by atoms with E-state index in [2.05, 4.69) is 68.4 Å². The molecule has 3 aromatic rings. The summed E-state index contributed by atoms with van der Waals surface area (Å²) in [4.78, 5) is 0. The van der Waals surface area contributed by atoms with Crippen LogP contribution in [0.25, 0.3) is 21.5 Å². The van der Waals surface area contributed by atoms with Gasteiger partial charge in [-0.05, 0) is 33.7 Å². The molecule has 143 valence electrons. The van der Waals surface area contributed by atoms with E-state index in [-0.39, 0.29) is 0 Å². The van der Waals surface area contributed by atoms with Crippen molar-refractivity contribution in [2.24, 2.45) is 0 Å². The summed E-state index contributed by atoms with van der Waals surface area (Å²) in [5.41, 5.74) is 0. The molecule has 0 spiro atoms. The molecule has 3 rings (SSSR count). The zero-order chi connectivity index (χ0) is 18.9. The van der Waals surface area contributed by atoms with E-state index in [9.17, 15) is 0 Å². The summed E-state index contributed by atoms with van der Waals surface area (Å²) in [6, 6.07) is 23.6. The van der Waals surface area contributed by atoms with Crippen LogP contribution in [0.15, 0.2) is 54.6 Å². The van der Waals surface area contributed by atoms with Crippen molar-refractivity contribution in [3.05, 3.63) is 54.6 Å². The largest absolute Gasteiger partial charge is 0.0864 e. The minimum atomic E-state index is -0.476. The lowest BCUT2D eigenvalue weighted by Crippen LogP contribution is -2.30. The van der Waals surface area contributed by atoms with Gasteiger partial charge in [-0.2, -0.15) is 0 Å². The van der Waals surface area contributed by atoms with Crippen LogP contribution in [0.3, 0.4) is 0 Å². The second kappa shape index (κ2) is 10.7. The first-order valence-corrected chi connectivity index (χ1v) is 13.0. The molecule has 0 fully saturated rings. The highest BCUT2D eigenvalue weighted by Gasteiger charge is 2.16. The van der Waals surface area contributed by atoms with Gasteiger partial charge in [0.15, 0.2) is 0 Å². The highest BCUT2D eigenvalue weighted by atomic mass is 28.3. The molecule has 0 aliphatic rings. The molecule has 0 amide bonds. The Balaban J connectivity index is 1.88. The van der Waals surface area contributed by atoms with E-state index >= 15 is 0 Å². The fraction of sp³-hybridized carbons (Fsp3) is 0.462. The first-order valence-electron chi connectivity index (χ1n) is 11.1. The van der Waals surface area contributed by atoms with Crippen LogP contribution in [0.2, 0.25) is 12.1 Å². The number of fused-ring (bicyclic) bond motifs is 2. The Morgan fingerprint density at radius 3 is 1.81 bits per heavy atom. The molecular formula is C26H35Si. The summed E-state index contributed by atoms with van der Waals surface area (Å²) in [6.07, 6.45) is 11.1. The fourth-order valence-corrected chi connectivity index (χ4v) is 7.27. The van der Waals surface area contributed by atoms with Gasteiger partial charge in [0.2, 0.25) is 0 Å². The van der Waals surface area contributed by atoms with Gasteiger partial charge in [-0.3, -0.25) is 0 Å². The molecule has 0 unspecified atom stereocenters. The van der Waals surface area contributed by atoms with Gasteiger partial charge in [0.05, 0.1) is 8.80 Å². The monoisotopic (exact) mass is 375 g/mol. The SMILES string of the molecule is CCCCCC[Si](CCCCCC)c1cccc2cc3ccccc3cc12. The van der Waals surface area contributed by atoms with Crippen LogP contribution in [0, 0.1) is 0 Å². The molecule has 1 heteroatoms. The average Bonchev–Trinajstić information content (AvgIpc) is 2.71. The molecule has 0 aliphatic heterocycles. The predicted octanol–water partition coefficient (Wildman–Crippen LogP) is 7.86. The van der Waals surface area contributed by atoms with E-state index in [4.69, 9.17) is 0 Å². The number of rotatable bonds is 11. The molecule has 1 radical (unpaired) electrons. The summed E-state index contributed by atoms with van der Waals surface area (Å²) in [7, 11) is -0.476. The summed E-state index contributed by atoms with van der Waals surface area (Å²) in [5.74, 6) is 0. The molecule has 3 aromatic carbocycles. The maximum atomic E-state index is 2.46. The van der Waals surface area contributed by atoms with E-state index < -0.39 is 8.80 Å². The average molecular weight is 376 g/mol. The van der Waals surface area contributed by atoms with Crippen LogP contribution in [0.1, 0.15) is 65.2 Å². The van der Waals surface area contributed by atoms with Crippen LogP contribution in [-0.4, -0.2) is 8.80 Å². The Labute approximate surface area is 167 Å². The molecule has 27 heavy (non-hydrogen) atoms. The van der Waals surface area contributed by atoms with E-state index in [0.29, 0.717) is 0 Å². The topological polar surface area (TPSA) is 0 Å². The molecule has 0 saturated carbocycles. The third-order valence-electron chi connectivity index (χ3n) is 5.79. The number of hydrogen-bond donors (Lipinski definition) is 0. The first-order chi connectivity index (χ1) is 13.3. The van der Waals surface area contributed by atoms with Crippen molar-refractivity contribution in [2.45, 2.75) is 77.3 Å². The van der Waals surface area contributed by atoms with Crippen LogP contribution in [0.4, 0.5) is 0 Å². The lowest BCUT2D eigenvalue weighted by Gasteiger charge is -2.18. The Morgan fingerprint density at radius 2 is 1.19 bits per heavy atom. The summed E-state index contributed by atoms with van der Waals surface area (Å²) in [5, 5.41) is 7.39. The van der Waals surface area contributed by atoms with Crippen LogP contribution in [0.5, 0.6) is 0 Å². The highest BCUT2D eigenvalue weighted by Crippen LogP contribution is 2.24. The lowest BCUT2D eigenvalue weighted by molar-refractivity contribution is 0.687. The third kappa shape index (κ3) is 5.45. The molecule has 0 aliphatic carbocycles. The van der Waals surface area contributed by atoms with Gasteiger partial charge >= 0.3 is 0 Å². The molecule has 0 nitrogen and oxygen atoms in total. The zero-order valence-corrected chi connectivity index (χ0v) is 18.3. The molecule has 0 bridgehead atoms. The minimum Gasteiger partial charge on any atom is -0.0654 e. The van der Waals surface area contributed by atoms with Gasteiger partial charge in [-0.1, -0.05) is 125 Å². The van der Waals surface area contributed by atoms with Crippen molar-refractivity contribution in [1.82, 2.24) is 0 Å². The first kappa shape index (κ1) is 20.1. The molecule has 0 saturated heterocycles. The van der Waals surface area contributed by atoms with Crippen molar-refractivity contribution in [2.75, 3.05) is 0 Å². The van der Waals surface area contributed by atoms with E-state index in [1.807, 2.05) is 0 Å². The van der Waals surface area contributed by atoms with Crippen molar-refractivity contribution in [3.63, 3.8) is 0 Å². The van der Waals surface area contributed by atoms with Gasteiger partial charge in [-0.25, -0.2) is 0 Å². The van der Waals surface area contributed by atoms with Gasteiger partial charge in [-0.15, -0.1) is 0 Å². The quantitative estimate of drug-likeness (QED) is 0.182. The Hall–Kier alpha value is -1.60. The van der Waals surface area contributed by atoms with Gasteiger partial charge in [0.25, 0.3) is 0 Å². The van der Waals surface area contributed by atoms with E-state index in [0.717, 1.165) is 0 Å². The van der Waals surface area contributed by atoms with Crippen molar-refractivity contribution < 1.29 is 0 Å². The van der Waals surface area contributed by atoms with E-state index in [1.165, 1.54) is 85.0 Å². The maximum Gasteiger partial charge on any atom is 0.0864 e. The van der Waals surface area contributed by atoms with Crippen molar-refractivity contribution in [1.29, 1.82) is 0 Å². The van der Waals surface area contributed by atoms with Crippen LogP contribution in [-0.2, 0) is 0 Å². The molecule has 0 aromatic heterocycles. The van der Waals surface area contributed by atoms with Gasteiger partial charge in [0, 0.05) is 0 Å². The maximum absolute atomic E-state index is 2.46. The third-order valence-corrected chi connectivity index (χ3v) is 8.90. The number of hydrogen-bond acceptors (Lipinski definition) is 0. The number of unbranched alkanes of at least 4 members (excludes halogenated alkanes) is 6. The summed E-state index contributed by atoms with van der Waals surface area (Å²) < 4.78 is 0. The zero-order valence-electron chi connectivity index (χ0n) is 17.3. The van der Waals surface area contributed by atoms with Crippen LogP contribution < -0.4 is 5.19 Å².